The lowest BCUT2D eigenvalue weighted by Gasteiger charge is -2.23. The Balaban J connectivity index is 2.61. The Morgan fingerprint density at radius 1 is 1.13 bits per heavy atom. The monoisotopic (exact) mass is 331 g/mol. The first-order valence-corrected chi connectivity index (χ1v) is 7.22. The second-order valence-electron chi connectivity index (χ2n) is 4.91. The van der Waals surface area contributed by atoms with E-state index in [1.807, 2.05) is 13.8 Å². The normalized spacial score (nSPS) is 12.4. The van der Waals surface area contributed by atoms with Crippen LogP contribution in [0.2, 0.25) is 0 Å². The van der Waals surface area contributed by atoms with Crippen molar-refractivity contribution in [2.75, 3.05) is 18.4 Å². The number of halogens is 3. The van der Waals surface area contributed by atoms with Gasteiger partial charge in [0.1, 0.15) is 6.04 Å². The second kappa shape index (κ2) is 7.85. The Morgan fingerprint density at radius 3 is 2.09 bits per heavy atom. The maximum Gasteiger partial charge on any atom is 0.416 e. The summed E-state index contributed by atoms with van der Waals surface area (Å²) in [7, 11) is 0. The number of amides is 3. The third-order valence-corrected chi connectivity index (χ3v) is 3.26. The Morgan fingerprint density at radius 2 is 1.65 bits per heavy atom. The Bertz CT molecular complexity index is 540. The van der Waals surface area contributed by atoms with Crippen molar-refractivity contribution in [3.8, 4) is 0 Å². The van der Waals surface area contributed by atoms with Crippen LogP contribution in [-0.2, 0) is 11.0 Å². The zero-order valence-corrected chi connectivity index (χ0v) is 13.2. The molecule has 2 N–H and O–H groups in total. The molecule has 1 aromatic carbocycles. The number of hydrogen-bond donors (Lipinski definition) is 2. The molecule has 0 saturated heterocycles. The van der Waals surface area contributed by atoms with Gasteiger partial charge in [-0.3, -0.25) is 4.79 Å². The summed E-state index contributed by atoms with van der Waals surface area (Å²) >= 11 is 0. The number of nitrogens with zero attached hydrogens (tertiary/aromatic N) is 1. The highest BCUT2D eigenvalue weighted by atomic mass is 19.4. The van der Waals surface area contributed by atoms with Gasteiger partial charge in [0.05, 0.1) is 5.56 Å². The van der Waals surface area contributed by atoms with Crippen molar-refractivity contribution in [3.05, 3.63) is 29.8 Å². The number of hydrogen-bond acceptors (Lipinski definition) is 2. The molecular formula is C15H20F3N3O2. The standard InChI is InChI=1S/C15H20F3N3O2/c1-4-21(5-2)13(22)10(3)19-14(23)20-12-8-6-11(7-9-12)15(16,17)18/h6-10H,4-5H2,1-3H3,(H2,19,20,23). The Kier molecular flexibility index (Phi) is 6.41. The zero-order chi connectivity index (χ0) is 17.6. The van der Waals surface area contributed by atoms with E-state index in [1.54, 1.807) is 11.8 Å². The van der Waals surface area contributed by atoms with Crippen LogP contribution in [0.5, 0.6) is 0 Å². The van der Waals surface area contributed by atoms with Crippen LogP contribution in [0.4, 0.5) is 23.7 Å². The maximum atomic E-state index is 12.4. The van der Waals surface area contributed by atoms with Gasteiger partial charge in [0.25, 0.3) is 0 Å². The van der Waals surface area contributed by atoms with Crippen LogP contribution < -0.4 is 10.6 Å². The molecule has 0 saturated carbocycles. The van der Waals surface area contributed by atoms with E-state index in [1.165, 1.54) is 0 Å². The van der Waals surface area contributed by atoms with Crippen molar-refractivity contribution in [2.45, 2.75) is 33.0 Å². The highest BCUT2D eigenvalue weighted by Crippen LogP contribution is 2.29. The van der Waals surface area contributed by atoms with Gasteiger partial charge in [-0.05, 0) is 45.0 Å². The number of anilines is 1. The van der Waals surface area contributed by atoms with E-state index in [-0.39, 0.29) is 11.6 Å². The lowest BCUT2D eigenvalue weighted by atomic mass is 10.2. The second-order valence-corrected chi connectivity index (χ2v) is 4.91. The third-order valence-electron chi connectivity index (χ3n) is 3.26. The van der Waals surface area contributed by atoms with E-state index in [9.17, 15) is 22.8 Å². The number of carbonyl (C=O) groups is 2. The molecule has 0 heterocycles. The van der Waals surface area contributed by atoms with E-state index in [0.29, 0.717) is 13.1 Å². The average molecular weight is 331 g/mol. The fourth-order valence-corrected chi connectivity index (χ4v) is 1.98. The molecule has 128 valence electrons. The number of alkyl halides is 3. The summed E-state index contributed by atoms with van der Waals surface area (Å²) in [5.41, 5.74) is -0.591. The molecule has 0 aromatic heterocycles. The molecule has 3 amide bonds. The van der Waals surface area contributed by atoms with Crippen molar-refractivity contribution in [1.82, 2.24) is 10.2 Å². The van der Waals surface area contributed by atoms with Gasteiger partial charge >= 0.3 is 12.2 Å². The van der Waals surface area contributed by atoms with Crippen LogP contribution in [0, 0.1) is 0 Å². The summed E-state index contributed by atoms with van der Waals surface area (Å²) in [4.78, 5) is 25.4. The minimum Gasteiger partial charge on any atom is -0.341 e. The van der Waals surface area contributed by atoms with E-state index in [4.69, 9.17) is 0 Å². The molecule has 1 unspecified atom stereocenters. The fraction of sp³-hybridized carbons (Fsp3) is 0.467. The lowest BCUT2D eigenvalue weighted by molar-refractivity contribution is -0.137. The van der Waals surface area contributed by atoms with Crippen LogP contribution in [0.1, 0.15) is 26.3 Å². The van der Waals surface area contributed by atoms with Gasteiger partial charge in [-0.15, -0.1) is 0 Å². The molecule has 23 heavy (non-hydrogen) atoms. The van der Waals surface area contributed by atoms with Gasteiger partial charge in [0.2, 0.25) is 5.91 Å². The zero-order valence-electron chi connectivity index (χ0n) is 13.2. The number of urea groups is 1. The molecule has 1 atom stereocenters. The van der Waals surface area contributed by atoms with Crippen molar-refractivity contribution >= 4 is 17.6 Å². The first-order valence-electron chi connectivity index (χ1n) is 7.22. The van der Waals surface area contributed by atoms with Gasteiger partial charge < -0.3 is 15.5 Å². The molecule has 0 bridgehead atoms. The predicted molar refractivity (Wildman–Crippen MR) is 81.0 cm³/mol. The lowest BCUT2D eigenvalue weighted by Crippen LogP contribution is -2.48. The molecule has 0 radical (unpaired) electrons. The predicted octanol–water partition coefficient (Wildman–Crippen LogP) is 3.08. The van der Waals surface area contributed by atoms with Crippen LogP contribution in [-0.4, -0.2) is 36.0 Å². The van der Waals surface area contributed by atoms with E-state index >= 15 is 0 Å². The smallest absolute Gasteiger partial charge is 0.341 e. The molecule has 1 rings (SSSR count). The summed E-state index contributed by atoms with van der Waals surface area (Å²) in [5, 5.41) is 4.85. The summed E-state index contributed by atoms with van der Waals surface area (Å²) in [5.74, 6) is -0.224. The highest BCUT2D eigenvalue weighted by molar-refractivity contribution is 5.93. The number of benzene rings is 1. The SMILES string of the molecule is CCN(CC)C(=O)C(C)NC(=O)Nc1ccc(C(F)(F)F)cc1. The van der Waals surface area contributed by atoms with Gasteiger partial charge in [-0.2, -0.15) is 13.2 Å². The van der Waals surface area contributed by atoms with Crippen LogP contribution >= 0.6 is 0 Å². The molecular weight excluding hydrogens is 311 g/mol. The van der Waals surface area contributed by atoms with Crippen LogP contribution in [0.25, 0.3) is 0 Å². The highest BCUT2D eigenvalue weighted by Gasteiger charge is 2.30. The van der Waals surface area contributed by atoms with Crippen LogP contribution in [0.3, 0.4) is 0 Å². The number of likely N-dealkylation sites (N-methyl/N-ethyl adjacent to an activating group) is 1. The van der Waals surface area contributed by atoms with E-state index in [2.05, 4.69) is 10.6 Å². The molecule has 0 spiro atoms. The Hall–Kier alpha value is -2.25. The van der Waals surface area contributed by atoms with E-state index in [0.717, 1.165) is 24.3 Å². The van der Waals surface area contributed by atoms with Crippen molar-refractivity contribution in [1.29, 1.82) is 0 Å². The minimum atomic E-state index is -4.43. The molecule has 0 aliphatic heterocycles. The van der Waals surface area contributed by atoms with Crippen molar-refractivity contribution in [2.24, 2.45) is 0 Å². The number of carbonyl (C=O) groups excluding carboxylic acids is 2. The molecule has 0 aliphatic rings. The van der Waals surface area contributed by atoms with Crippen molar-refractivity contribution < 1.29 is 22.8 Å². The topological polar surface area (TPSA) is 61.4 Å². The average Bonchev–Trinajstić information content (AvgIpc) is 2.47. The number of rotatable bonds is 5. The van der Waals surface area contributed by atoms with Gasteiger partial charge in [-0.25, -0.2) is 4.79 Å². The summed E-state index contributed by atoms with van der Waals surface area (Å²) in [6.07, 6.45) is -4.43. The Labute approximate surface area is 132 Å². The number of nitrogens with one attached hydrogen (secondary N) is 2. The van der Waals surface area contributed by atoms with Crippen molar-refractivity contribution in [3.63, 3.8) is 0 Å². The first-order chi connectivity index (χ1) is 10.7. The largest absolute Gasteiger partial charge is 0.416 e. The summed E-state index contributed by atoms with van der Waals surface area (Å²) in [6.45, 7) is 6.27. The van der Waals surface area contributed by atoms with Gasteiger partial charge in [0.15, 0.2) is 0 Å². The quantitative estimate of drug-likeness (QED) is 0.871. The third kappa shape index (κ3) is 5.46. The summed E-state index contributed by atoms with van der Waals surface area (Å²) < 4.78 is 37.3. The molecule has 1 aromatic rings. The van der Waals surface area contributed by atoms with Gasteiger partial charge in [0, 0.05) is 18.8 Å². The maximum absolute atomic E-state index is 12.4. The fourth-order valence-electron chi connectivity index (χ4n) is 1.98. The molecule has 5 nitrogen and oxygen atoms in total. The minimum absolute atomic E-state index is 0.206. The molecule has 8 heteroatoms. The molecule has 0 fully saturated rings. The van der Waals surface area contributed by atoms with E-state index < -0.39 is 23.8 Å². The van der Waals surface area contributed by atoms with Crippen LogP contribution in [0.15, 0.2) is 24.3 Å². The molecule has 0 aliphatic carbocycles. The van der Waals surface area contributed by atoms with Gasteiger partial charge in [-0.1, -0.05) is 0 Å². The first kappa shape index (κ1) is 18.8. The summed E-state index contributed by atoms with van der Waals surface area (Å²) in [6, 6.07) is 2.67.